The van der Waals surface area contributed by atoms with Crippen LogP contribution in [0, 0.1) is 5.92 Å². The Morgan fingerprint density at radius 2 is 1.54 bits per heavy atom. The Kier molecular flexibility index (Phi) is 6.11. The lowest BCUT2D eigenvalue weighted by atomic mass is 9.95. The second-order valence-electron chi connectivity index (χ2n) is 7.24. The molecule has 24 heavy (non-hydrogen) atoms. The lowest BCUT2D eigenvalue weighted by molar-refractivity contribution is -0.146. The zero-order valence-corrected chi connectivity index (χ0v) is 14.7. The highest BCUT2D eigenvalue weighted by Gasteiger charge is 2.36. The summed E-state index contributed by atoms with van der Waals surface area (Å²) in [6, 6.07) is 0.419. The van der Waals surface area contributed by atoms with Crippen LogP contribution in [-0.2, 0) is 19.1 Å². The molecule has 0 aromatic heterocycles. The monoisotopic (exact) mass is 338 g/mol. The van der Waals surface area contributed by atoms with Crippen molar-refractivity contribution in [1.29, 1.82) is 0 Å². The maximum Gasteiger partial charge on any atom is 0.225 e. The Hall–Kier alpha value is -1.14. The highest BCUT2D eigenvalue weighted by molar-refractivity contribution is 5.79. The van der Waals surface area contributed by atoms with Crippen molar-refractivity contribution in [3.63, 3.8) is 0 Å². The molecule has 6 nitrogen and oxygen atoms in total. The number of likely N-dealkylation sites (tertiary alicyclic amines) is 1. The minimum atomic E-state index is 0.103. The van der Waals surface area contributed by atoms with Crippen LogP contribution < -0.4 is 0 Å². The Morgan fingerprint density at radius 3 is 2.17 bits per heavy atom. The van der Waals surface area contributed by atoms with Gasteiger partial charge in [-0.05, 0) is 38.5 Å². The lowest BCUT2D eigenvalue weighted by Crippen LogP contribution is -2.56. The fraction of sp³-hybridized carbons (Fsp3) is 0.889. The van der Waals surface area contributed by atoms with Crippen molar-refractivity contribution in [2.75, 3.05) is 39.5 Å². The minimum Gasteiger partial charge on any atom is -0.381 e. The van der Waals surface area contributed by atoms with Crippen molar-refractivity contribution in [2.45, 2.75) is 57.5 Å². The van der Waals surface area contributed by atoms with Crippen LogP contribution in [0.15, 0.2) is 0 Å². The number of piperidine rings is 1. The van der Waals surface area contributed by atoms with Gasteiger partial charge in [0.2, 0.25) is 11.8 Å². The van der Waals surface area contributed by atoms with E-state index < -0.39 is 0 Å². The molecule has 3 fully saturated rings. The van der Waals surface area contributed by atoms with Crippen LogP contribution in [0.25, 0.3) is 0 Å². The summed E-state index contributed by atoms with van der Waals surface area (Å²) >= 11 is 0. The zero-order chi connectivity index (χ0) is 16.9. The molecule has 0 bridgehead atoms. The summed E-state index contributed by atoms with van der Waals surface area (Å²) in [6.07, 6.45) is 5.45. The van der Waals surface area contributed by atoms with E-state index in [2.05, 4.69) is 0 Å². The first-order chi connectivity index (χ1) is 11.7. The topological polar surface area (TPSA) is 59.1 Å². The molecule has 1 atom stereocenters. The lowest BCUT2D eigenvalue weighted by Gasteiger charge is -2.44. The molecule has 0 N–H and O–H groups in total. The van der Waals surface area contributed by atoms with E-state index >= 15 is 0 Å². The Morgan fingerprint density at radius 1 is 0.917 bits per heavy atom. The van der Waals surface area contributed by atoms with Crippen molar-refractivity contribution in [1.82, 2.24) is 9.80 Å². The molecular formula is C18H30N2O4. The number of rotatable bonds is 3. The van der Waals surface area contributed by atoms with E-state index in [1.807, 2.05) is 9.80 Å². The van der Waals surface area contributed by atoms with Gasteiger partial charge < -0.3 is 19.3 Å². The first-order valence-electron chi connectivity index (χ1n) is 9.40. The maximum atomic E-state index is 12.8. The van der Waals surface area contributed by atoms with E-state index in [-0.39, 0.29) is 29.8 Å². The molecule has 0 saturated carbocycles. The molecule has 0 spiro atoms. The summed E-state index contributed by atoms with van der Waals surface area (Å²) < 4.78 is 10.8. The highest BCUT2D eigenvalue weighted by Crippen LogP contribution is 2.26. The van der Waals surface area contributed by atoms with Crippen LogP contribution in [0.2, 0.25) is 0 Å². The number of carbonyl (C=O) groups excluding carboxylic acids is 2. The quantitative estimate of drug-likeness (QED) is 0.781. The van der Waals surface area contributed by atoms with Gasteiger partial charge in [0.1, 0.15) is 0 Å². The van der Waals surface area contributed by atoms with Crippen LogP contribution in [0.5, 0.6) is 0 Å². The van der Waals surface area contributed by atoms with Gasteiger partial charge in [0.15, 0.2) is 0 Å². The third-order valence-electron chi connectivity index (χ3n) is 5.62. The molecule has 3 heterocycles. The van der Waals surface area contributed by atoms with Crippen molar-refractivity contribution < 1.29 is 19.1 Å². The van der Waals surface area contributed by atoms with Crippen molar-refractivity contribution >= 4 is 11.8 Å². The SMILES string of the molecule is CC(=O)N(C1CCOCC1)C1CCCN(C(=O)C2CCOCC2)C1. The predicted molar refractivity (Wildman–Crippen MR) is 89.5 cm³/mol. The first-order valence-corrected chi connectivity index (χ1v) is 9.40. The summed E-state index contributed by atoms with van der Waals surface area (Å²) in [5.41, 5.74) is 0. The summed E-state index contributed by atoms with van der Waals surface area (Å²) in [7, 11) is 0. The van der Waals surface area contributed by atoms with Crippen LogP contribution in [0.3, 0.4) is 0 Å². The summed E-state index contributed by atoms with van der Waals surface area (Å²) in [5, 5.41) is 0. The second-order valence-corrected chi connectivity index (χ2v) is 7.24. The second kappa shape index (κ2) is 8.30. The van der Waals surface area contributed by atoms with Gasteiger partial charge in [-0.15, -0.1) is 0 Å². The highest BCUT2D eigenvalue weighted by atomic mass is 16.5. The zero-order valence-electron chi connectivity index (χ0n) is 14.7. The van der Waals surface area contributed by atoms with Gasteiger partial charge in [-0.2, -0.15) is 0 Å². The molecule has 3 saturated heterocycles. The Balaban J connectivity index is 1.64. The van der Waals surface area contributed by atoms with Gasteiger partial charge in [-0.3, -0.25) is 9.59 Å². The van der Waals surface area contributed by atoms with E-state index in [9.17, 15) is 9.59 Å². The number of hydrogen-bond donors (Lipinski definition) is 0. The van der Waals surface area contributed by atoms with E-state index in [0.717, 1.165) is 58.3 Å². The van der Waals surface area contributed by atoms with Crippen LogP contribution in [0.4, 0.5) is 0 Å². The van der Waals surface area contributed by atoms with Crippen molar-refractivity contribution in [3.8, 4) is 0 Å². The van der Waals surface area contributed by atoms with Gasteiger partial charge in [0.25, 0.3) is 0 Å². The fourth-order valence-electron chi connectivity index (χ4n) is 4.36. The Labute approximate surface area is 144 Å². The fourth-order valence-corrected chi connectivity index (χ4v) is 4.36. The molecule has 3 aliphatic rings. The van der Waals surface area contributed by atoms with Gasteiger partial charge in [0, 0.05) is 64.4 Å². The average Bonchev–Trinajstić information content (AvgIpc) is 2.63. The Bertz CT molecular complexity index is 444. The maximum absolute atomic E-state index is 12.8. The summed E-state index contributed by atoms with van der Waals surface area (Å²) in [6.45, 7) is 6.01. The average molecular weight is 338 g/mol. The molecule has 0 aromatic carbocycles. The largest absolute Gasteiger partial charge is 0.381 e. The molecular weight excluding hydrogens is 308 g/mol. The predicted octanol–water partition coefficient (Wildman–Crippen LogP) is 1.43. The molecule has 0 radical (unpaired) electrons. The molecule has 0 aromatic rings. The normalized spacial score (nSPS) is 27.0. The number of ether oxygens (including phenoxy) is 2. The van der Waals surface area contributed by atoms with Gasteiger partial charge >= 0.3 is 0 Å². The molecule has 0 aliphatic carbocycles. The molecule has 1 unspecified atom stereocenters. The summed E-state index contributed by atoms with van der Waals surface area (Å²) in [5.74, 6) is 0.497. The van der Waals surface area contributed by atoms with Gasteiger partial charge in [0.05, 0.1) is 0 Å². The van der Waals surface area contributed by atoms with Crippen LogP contribution in [0.1, 0.15) is 45.4 Å². The molecule has 2 amide bonds. The number of hydrogen-bond acceptors (Lipinski definition) is 4. The summed E-state index contributed by atoms with van der Waals surface area (Å²) in [4.78, 5) is 29.1. The van der Waals surface area contributed by atoms with Crippen molar-refractivity contribution in [2.24, 2.45) is 5.92 Å². The smallest absolute Gasteiger partial charge is 0.225 e. The number of nitrogens with zero attached hydrogens (tertiary/aromatic N) is 2. The van der Waals surface area contributed by atoms with Crippen LogP contribution in [-0.4, -0.2) is 73.2 Å². The molecule has 136 valence electrons. The molecule has 3 aliphatic heterocycles. The number of amides is 2. The number of carbonyl (C=O) groups is 2. The third kappa shape index (κ3) is 4.09. The van der Waals surface area contributed by atoms with E-state index in [0.29, 0.717) is 19.8 Å². The molecule has 3 rings (SSSR count). The molecule has 6 heteroatoms. The van der Waals surface area contributed by atoms with Crippen molar-refractivity contribution in [3.05, 3.63) is 0 Å². The van der Waals surface area contributed by atoms with Gasteiger partial charge in [-0.1, -0.05) is 0 Å². The van der Waals surface area contributed by atoms with E-state index in [1.165, 1.54) is 0 Å². The van der Waals surface area contributed by atoms with Crippen LogP contribution >= 0.6 is 0 Å². The van der Waals surface area contributed by atoms with Gasteiger partial charge in [-0.25, -0.2) is 0 Å². The van der Waals surface area contributed by atoms with E-state index in [1.54, 1.807) is 6.92 Å². The standard InChI is InChI=1S/C18H30N2O4/c1-14(21)20(16-6-11-24-12-7-16)17-3-2-8-19(13-17)18(22)15-4-9-23-10-5-15/h15-17H,2-13H2,1H3. The third-order valence-corrected chi connectivity index (χ3v) is 5.62. The first kappa shape index (κ1) is 17.7. The minimum absolute atomic E-state index is 0.103. The van der Waals surface area contributed by atoms with E-state index in [4.69, 9.17) is 9.47 Å².